The van der Waals surface area contributed by atoms with E-state index in [0.29, 0.717) is 31.4 Å². The molecule has 0 spiro atoms. The molecule has 0 saturated carbocycles. The molecule has 2 aromatic heterocycles. The van der Waals surface area contributed by atoms with Crippen LogP contribution in [0.1, 0.15) is 18.5 Å². The smallest absolute Gasteiger partial charge is 0.320 e. The second kappa shape index (κ2) is 7.63. The maximum atomic E-state index is 12.5. The van der Waals surface area contributed by atoms with Gasteiger partial charge < -0.3 is 15.4 Å². The van der Waals surface area contributed by atoms with Crippen molar-refractivity contribution in [1.82, 2.24) is 20.1 Å². The van der Waals surface area contributed by atoms with Gasteiger partial charge in [0.15, 0.2) is 5.82 Å². The van der Waals surface area contributed by atoms with Crippen molar-refractivity contribution in [1.29, 1.82) is 0 Å². The normalized spacial score (nSPS) is 18.0. The fourth-order valence-corrected chi connectivity index (χ4v) is 3.20. The van der Waals surface area contributed by atoms with Crippen LogP contribution < -0.4 is 16.0 Å². The van der Waals surface area contributed by atoms with Crippen LogP contribution in [-0.2, 0) is 11.3 Å². The Morgan fingerprint density at radius 3 is 2.96 bits per heavy atom. The number of nitrogens with zero attached hydrogens (tertiary/aromatic N) is 3. The van der Waals surface area contributed by atoms with Crippen molar-refractivity contribution in [3.05, 3.63) is 48.2 Å². The number of ether oxygens (including phenoxy) is 1. The number of hydrogen-bond acceptors (Lipinski definition) is 5. The number of rotatable bonds is 2. The third-order valence-corrected chi connectivity index (χ3v) is 4.49. The zero-order valence-corrected chi connectivity index (χ0v) is 15.1. The summed E-state index contributed by atoms with van der Waals surface area (Å²) in [5.74, 6) is 1.16. The summed E-state index contributed by atoms with van der Waals surface area (Å²) in [5.41, 5.74) is 1.91. The molecule has 0 radical (unpaired) electrons. The van der Waals surface area contributed by atoms with E-state index < -0.39 is 0 Å². The number of benzene rings is 1. The van der Waals surface area contributed by atoms with E-state index in [1.165, 1.54) is 0 Å². The minimum atomic E-state index is -0.325. The van der Waals surface area contributed by atoms with Crippen LogP contribution in [0.5, 0.6) is 0 Å². The van der Waals surface area contributed by atoms with Gasteiger partial charge >= 0.3 is 6.03 Å². The number of carbonyl (C=O) groups excluding carboxylic acids is 1. The molecule has 2 amide bonds. The molecule has 0 aliphatic carbocycles. The lowest BCUT2D eigenvalue weighted by Crippen LogP contribution is -2.36. The molecule has 2 bridgehead atoms. The average Bonchev–Trinajstić information content (AvgIpc) is 3.09. The standard InChI is InChI=1S/C19H22N6O2/c1-2-25-17-14(11-21-25)10-16-23-18(17)20-8-9-27-12-15(22-19(26)24-16)13-6-4-3-5-7-13/h3-7,10-11,15H,2,8-9,12H2,1H3,(H3,20,22,23,24,26). The van der Waals surface area contributed by atoms with Crippen LogP contribution in [0.25, 0.3) is 10.9 Å². The van der Waals surface area contributed by atoms with Crippen LogP contribution in [0.3, 0.4) is 0 Å². The van der Waals surface area contributed by atoms with Crippen LogP contribution >= 0.6 is 0 Å². The van der Waals surface area contributed by atoms with Gasteiger partial charge in [-0.1, -0.05) is 30.3 Å². The number of urea groups is 1. The number of aryl methyl sites for hydroxylation is 1. The second-order valence-electron chi connectivity index (χ2n) is 6.32. The van der Waals surface area contributed by atoms with Gasteiger partial charge in [-0.2, -0.15) is 5.10 Å². The van der Waals surface area contributed by atoms with Crippen molar-refractivity contribution in [2.45, 2.75) is 19.5 Å². The van der Waals surface area contributed by atoms with Gasteiger partial charge in [-0.15, -0.1) is 0 Å². The van der Waals surface area contributed by atoms with E-state index in [2.05, 4.69) is 26.0 Å². The first-order chi connectivity index (χ1) is 13.2. The Kier molecular flexibility index (Phi) is 4.88. The molecular formula is C19H22N6O2. The lowest BCUT2D eigenvalue weighted by Gasteiger charge is -2.21. The Morgan fingerprint density at radius 1 is 1.30 bits per heavy atom. The third kappa shape index (κ3) is 3.70. The lowest BCUT2D eigenvalue weighted by atomic mass is 10.1. The molecule has 1 aliphatic rings. The molecule has 27 heavy (non-hydrogen) atoms. The summed E-state index contributed by atoms with van der Waals surface area (Å²) in [5, 5.41) is 14.4. The predicted octanol–water partition coefficient (Wildman–Crippen LogP) is 2.76. The monoisotopic (exact) mass is 366 g/mol. The molecule has 0 fully saturated rings. The van der Waals surface area contributed by atoms with Gasteiger partial charge in [0.25, 0.3) is 0 Å². The summed E-state index contributed by atoms with van der Waals surface area (Å²) in [6, 6.07) is 11.0. The molecule has 1 aliphatic heterocycles. The number of aromatic nitrogens is 3. The highest BCUT2D eigenvalue weighted by Gasteiger charge is 2.18. The van der Waals surface area contributed by atoms with E-state index in [0.717, 1.165) is 23.0 Å². The molecule has 140 valence electrons. The van der Waals surface area contributed by atoms with Crippen molar-refractivity contribution in [3.63, 3.8) is 0 Å². The highest BCUT2D eigenvalue weighted by atomic mass is 16.5. The number of pyridine rings is 1. The van der Waals surface area contributed by atoms with Gasteiger partial charge in [0.2, 0.25) is 0 Å². The molecule has 8 nitrogen and oxygen atoms in total. The van der Waals surface area contributed by atoms with Crippen molar-refractivity contribution in [2.24, 2.45) is 0 Å². The zero-order valence-electron chi connectivity index (χ0n) is 15.1. The van der Waals surface area contributed by atoms with Crippen molar-refractivity contribution >= 4 is 28.6 Å². The Bertz CT molecular complexity index is 940. The van der Waals surface area contributed by atoms with Crippen LogP contribution in [0.15, 0.2) is 42.6 Å². The van der Waals surface area contributed by atoms with Gasteiger partial charge in [-0.05, 0) is 18.6 Å². The third-order valence-electron chi connectivity index (χ3n) is 4.49. The SMILES string of the molecule is CCn1ncc2cc3nc(c21)NCCOCC(c1ccccc1)NC(=O)N3. The summed E-state index contributed by atoms with van der Waals surface area (Å²) in [4.78, 5) is 17.1. The maximum Gasteiger partial charge on any atom is 0.320 e. The van der Waals surface area contributed by atoms with Crippen molar-refractivity contribution in [2.75, 3.05) is 30.4 Å². The van der Waals surface area contributed by atoms with Gasteiger partial charge in [-0.3, -0.25) is 10.00 Å². The topological polar surface area (TPSA) is 93.1 Å². The molecule has 3 N–H and O–H groups in total. The molecule has 1 atom stereocenters. The first-order valence-electron chi connectivity index (χ1n) is 9.05. The van der Waals surface area contributed by atoms with E-state index in [-0.39, 0.29) is 12.1 Å². The molecular weight excluding hydrogens is 344 g/mol. The largest absolute Gasteiger partial charge is 0.377 e. The van der Waals surface area contributed by atoms with Gasteiger partial charge in [0.05, 0.1) is 25.5 Å². The summed E-state index contributed by atoms with van der Waals surface area (Å²) < 4.78 is 7.67. The van der Waals surface area contributed by atoms with Crippen LogP contribution in [0, 0.1) is 0 Å². The summed E-state index contributed by atoms with van der Waals surface area (Å²) in [7, 11) is 0. The highest BCUT2D eigenvalue weighted by Crippen LogP contribution is 2.25. The summed E-state index contributed by atoms with van der Waals surface area (Å²) >= 11 is 0. The number of hydrogen-bond donors (Lipinski definition) is 3. The molecule has 3 aromatic rings. The van der Waals surface area contributed by atoms with Gasteiger partial charge in [0.1, 0.15) is 11.3 Å². The maximum absolute atomic E-state index is 12.5. The fourth-order valence-electron chi connectivity index (χ4n) is 3.20. The van der Waals surface area contributed by atoms with Crippen molar-refractivity contribution in [3.8, 4) is 0 Å². The van der Waals surface area contributed by atoms with Crippen molar-refractivity contribution < 1.29 is 9.53 Å². The first-order valence-corrected chi connectivity index (χ1v) is 9.05. The predicted molar refractivity (Wildman–Crippen MR) is 104 cm³/mol. The minimum Gasteiger partial charge on any atom is -0.377 e. The number of anilines is 2. The molecule has 0 saturated heterocycles. The highest BCUT2D eigenvalue weighted by molar-refractivity contribution is 5.95. The molecule has 3 heterocycles. The van der Waals surface area contributed by atoms with E-state index in [1.807, 2.05) is 48.0 Å². The Hall–Kier alpha value is -3.13. The van der Waals surface area contributed by atoms with Gasteiger partial charge in [0, 0.05) is 18.5 Å². The van der Waals surface area contributed by atoms with E-state index >= 15 is 0 Å². The average molecular weight is 366 g/mol. The summed E-state index contributed by atoms with van der Waals surface area (Å²) in [6.45, 7) is 4.27. The van der Waals surface area contributed by atoms with Gasteiger partial charge in [-0.25, -0.2) is 9.78 Å². The van der Waals surface area contributed by atoms with Crippen LogP contribution in [-0.4, -0.2) is 40.6 Å². The molecule has 1 aromatic carbocycles. The number of amides is 2. The van der Waals surface area contributed by atoms with E-state index in [4.69, 9.17) is 4.74 Å². The zero-order chi connectivity index (χ0) is 18.6. The molecule has 8 heteroatoms. The van der Waals surface area contributed by atoms with E-state index in [9.17, 15) is 4.79 Å². The van der Waals surface area contributed by atoms with E-state index in [1.54, 1.807) is 6.20 Å². The van der Waals surface area contributed by atoms with Crippen LogP contribution in [0.2, 0.25) is 0 Å². The Labute approximate surface area is 156 Å². The van der Waals surface area contributed by atoms with Crippen LogP contribution in [0.4, 0.5) is 16.4 Å². The molecule has 4 rings (SSSR count). The number of nitrogens with one attached hydrogen (secondary N) is 3. The lowest BCUT2D eigenvalue weighted by molar-refractivity contribution is 0.122. The Balaban J connectivity index is 1.65. The Morgan fingerprint density at radius 2 is 2.15 bits per heavy atom. The minimum absolute atomic E-state index is 0.239. The quantitative estimate of drug-likeness (QED) is 0.648. The number of fused-ring (bicyclic) bond motifs is 4. The number of carbonyl (C=O) groups is 1. The second-order valence-corrected chi connectivity index (χ2v) is 6.32. The first kappa shape index (κ1) is 17.3. The fraction of sp³-hybridized carbons (Fsp3) is 0.316. The summed E-state index contributed by atoms with van der Waals surface area (Å²) in [6.07, 6.45) is 1.78. The molecule has 1 unspecified atom stereocenters.